The van der Waals surface area contributed by atoms with Gasteiger partial charge < -0.3 is 31.5 Å². The van der Waals surface area contributed by atoms with Gasteiger partial charge in [-0.15, -0.1) is 0 Å². The van der Waals surface area contributed by atoms with E-state index >= 15 is 0 Å². The molecular formula is C27H32F4N6O6. The van der Waals surface area contributed by atoms with Crippen LogP contribution in [0, 0.1) is 35.4 Å². The molecule has 1 aliphatic rings. The zero-order valence-electron chi connectivity index (χ0n) is 23.6. The number of carbonyl (C=O) groups excluding carboxylic acids is 4. The summed E-state index contributed by atoms with van der Waals surface area (Å²) in [7, 11) is 0. The lowest BCUT2D eigenvalue weighted by Gasteiger charge is -2.34. The van der Waals surface area contributed by atoms with Crippen molar-refractivity contribution < 1.29 is 47.0 Å². The Kier molecular flexibility index (Phi) is 10.6. The maximum absolute atomic E-state index is 14.6. The molecule has 6 N–H and O–H groups in total. The van der Waals surface area contributed by atoms with Crippen molar-refractivity contribution in [2.75, 3.05) is 0 Å². The first-order valence-corrected chi connectivity index (χ1v) is 13.3. The molecule has 1 aliphatic heterocycles. The van der Waals surface area contributed by atoms with Crippen molar-refractivity contribution in [1.29, 1.82) is 0 Å². The molecular weight excluding hydrogens is 580 g/mol. The third-order valence-electron chi connectivity index (χ3n) is 6.95. The molecule has 3 rings (SSSR count). The molecule has 0 saturated carbocycles. The van der Waals surface area contributed by atoms with Gasteiger partial charge in [-0.2, -0.15) is 18.2 Å². The highest BCUT2D eigenvalue weighted by molar-refractivity contribution is 5.98. The van der Waals surface area contributed by atoms with E-state index in [-0.39, 0.29) is 12.3 Å². The number of halogens is 4. The fraction of sp³-hybridized carbons (Fsp3) is 0.481. The summed E-state index contributed by atoms with van der Waals surface area (Å²) in [6.07, 6.45) is -1.56. The first kappa shape index (κ1) is 33.2. The molecule has 2 aromatic rings. The number of hydrogen-bond donors (Lipinski definition) is 6. The Morgan fingerprint density at radius 3 is 2.30 bits per heavy atom. The maximum atomic E-state index is 14.6. The van der Waals surface area contributed by atoms with Crippen molar-refractivity contribution in [1.82, 2.24) is 31.2 Å². The van der Waals surface area contributed by atoms with E-state index in [2.05, 4.69) is 31.2 Å². The van der Waals surface area contributed by atoms with Gasteiger partial charge in [-0.3, -0.25) is 19.2 Å². The van der Waals surface area contributed by atoms with Crippen molar-refractivity contribution in [3.8, 4) is 5.75 Å². The molecule has 234 valence electrons. The van der Waals surface area contributed by atoms with Crippen LogP contribution in [0.5, 0.6) is 5.75 Å². The summed E-state index contributed by atoms with van der Waals surface area (Å²) in [5.74, 6) is -13.6. The largest absolute Gasteiger partial charge is 0.505 e. The second-order valence-corrected chi connectivity index (χ2v) is 10.7. The lowest BCUT2D eigenvalue weighted by atomic mass is 9.90. The third-order valence-corrected chi connectivity index (χ3v) is 6.95. The fourth-order valence-electron chi connectivity index (χ4n) is 4.56. The van der Waals surface area contributed by atoms with Crippen LogP contribution in [0.1, 0.15) is 50.2 Å². The number of aliphatic hydroxyl groups excluding tert-OH is 1. The van der Waals surface area contributed by atoms with Crippen LogP contribution in [0.3, 0.4) is 0 Å². The van der Waals surface area contributed by atoms with E-state index in [0.29, 0.717) is 0 Å². The van der Waals surface area contributed by atoms with Gasteiger partial charge in [0.1, 0.15) is 17.8 Å². The Labute approximate surface area is 243 Å². The average Bonchev–Trinajstić information content (AvgIpc) is 2.94. The highest BCUT2D eigenvalue weighted by atomic mass is 19.2. The number of rotatable bonds is 6. The lowest BCUT2D eigenvalue weighted by Crippen LogP contribution is -2.64. The van der Waals surface area contributed by atoms with Gasteiger partial charge in [0, 0.05) is 18.2 Å². The number of nitrogens with zero attached hydrogens (tertiary/aromatic N) is 2. The molecule has 4 amide bonds. The van der Waals surface area contributed by atoms with Gasteiger partial charge in [0.25, 0.3) is 11.9 Å². The second-order valence-electron chi connectivity index (χ2n) is 10.7. The van der Waals surface area contributed by atoms with Crippen molar-refractivity contribution in [3.63, 3.8) is 0 Å². The number of aromatic hydroxyl groups is 1. The Bertz CT molecular complexity index is 1400. The third kappa shape index (κ3) is 7.74. The van der Waals surface area contributed by atoms with E-state index in [1.807, 2.05) is 0 Å². The first-order chi connectivity index (χ1) is 20.1. The van der Waals surface area contributed by atoms with Crippen LogP contribution in [-0.4, -0.2) is 74.1 Å². The molecule has 1 fully saturated rings. The molecule has 0 bridgehead atoms. The van der Waals surface area contributed by atoms with Crippen molar-refractivity contribution >= 4 is 23.6 Å². The van der Waals surface area contributed by atoms with Crippen molar-refractivity contribution in [2.45, 2.75) is 70.8 Å². The molecule has 0 spiro atoms. The quantitative estimate of drug-likeness (QED) is 0.203. The summed E-state index contributed by atoms with van der Waals surface area (Å²) < 4.78 is 56.4. The molecule has 0 aromatic carbocycles. The van der Waals surface area contributed by atoms with Gasteiger partial charge in [-0.05, 0) is 31.4 Å². The lowest BCUT2D eigenvalue weighted by molar-refractivity contribution is -0.136. The Morgan fingerprint density at radius 2 is 1.67 bits per heavy atom. The first-order valence-electron chi connectivity index (χ1n) is 13.3. The number of carbonyl (C=O) groups is 4. The van der Waals surface area contributed by atoms with Crippen LogP contribution >= 0.6 is 0 Å². The van der Waals surface area contributed by atoms with Crippen LogP contribution in [0.4, 0.5) is 17.6 Å². The van der Waals surface area contributed by atoms with E-state index in [1.165, 1.54) is 32.2 Å². The van der Waals surface area contributed by atoms with Gasteiger partial charge in [0.15, 0.2) is 11.5 Å². The van der Waals surface area contributed by atoms with E-state index in [0.717, 1.165) is 0 Å². The van der Waals surface area contributed by atoms with Crippen LogP contribution in [0.2, 0.25) is 0 Å². The van der Waals surface area contributed by atoms with E-state index in [1.54, 1.807) is 13.8 Å². The van der Waals surface area contributed by atoms with Gasteiger partial charge >= 0.3 is 0 Å². The summed E-state index contributed by atoms with van der Waals surface area (Å²) >= 11 is 0. The standard InChI is InChI=1S/C27H32F4N6O6/c1-10(2)8-15-25(41)33-12(4)19(36-27(43)20-16(38)6-5-7-32-20)26(42)34-14(21(39)11(3)24(40)35-15)9-13-17(28)18(29)23(31)37-22(13)30/h5-7,10-12,14-15,19,21,38-39H,8-9H2,1-4H3,(H,33,41)(H,34,42)(H,35,40)(H,36,43). The monoisotopic (exact) mass is 612 g/mol. The van der Waals surface area contributed by atoms with E-state index in [9.17, 15) is 47.0 Å². The zero-order chi connectivity index (χ0) is 32.2. The molecule has 6 atom stereocenters. The van der Waals surface area contributed by atoms with Crippen molar-refractivity contribution in [3.05, 3.63) is 53.1 Å². The highest BCUT2D eigenvalue weighted by Gasteiger charge is 2.39. The fourth-order valence-corrected chi connectivity index (χ4v) is 4.56. The number of hydrogen-bond acceptors (Lipinski definition) is 8. The smallest absolute Gasteiger partial charge is 0.274 e. The number of amides is 4. The predicted octanol–water partition coefficient (Wildman–Crippen LogP) is 0.611. The van der Waals surface area contributed by atoms with Gasteiger partial charge in [0.05, 0.1) is 24.1 Å². The summed E-state index contributed by atoms with van der Waals surface area (Å²) in [4.78, 5) is 59.2. The molecule has 6 unspecified atom stereocenters. The summed E-state index contributed by atoms with van der Waals surface area (Å²) in [5, 5.41) is 30.9. The Hall–Kier alpha value is -4.34. The van der Waals surface area contributed by atoms with E-state index in [4.69, 9.17) is 0 Å². The van der Waals surface area contributed by atoms with Crippen LogP contribution in [0.15, 0.2) is 18.3 Å². The SMILES string of the molecule is CC(C)CC1NC(=O)C(C)C(O)C(Cc2c(F)nc(F)c(F)c2F)NC(=O)C(NC(=O)c2ncccc2O)C(C)NC1=O. The minimum Gasteiger partial charge on any atom is -0.505 e. The molecule has 2 aromatic heterocycles. The zero-order valence-corrected chi connectivity index (χ0v) is 23.6. The van der Waals surface area contributed by atoms with Crippen LogP contribution in [0.25, 0.3) is 0 Å². The highest BCUT2D eigenvalue weighted by Crippen LogP contribution is 2.22. The van der Waals surface area contributed by atoms with Crippen molar-refractivity contribution in [2.24, 2.45) is 11.8 Å². The number of pyridine rings is 2. The second kappa shape index (κ2) is 13.8. The average molecular weight is 613 g/mol. The molecule has 0 aliphatic carbocycles. The van der Waals surface area contributed by atoms with Gasteiger partial charge in [-0.25, -0.2) is 9.37 Å². The minimum atomic E-state index is -2.09. The Morgan fingerprint density at radius 1 is 1.00 bits per heavy atom. The normalized spacial score (nSPS) is 25.2. The molecule has 0 radical (unpaired) electrons. The summed E-state index contributed by atoms with van der Waals surface area (Å²) in [6.45, 7) is 6.12. The number of nitrogens with one attached hydrogen (secondary N) is 4. The maximum Gasteiger partial charge on any atom is 0.274 e. The summed E-state index contributed by atoms with van der Waals surface area (Å²) in [6, 6.07) is -3.21. The minimum absolute atomic E-state index is 0.106. The number of aromatic nitrogens is 2. The molecule has 12 nitrogen and oxygen atoms in total. The topological polar surface area (TPSA) is 183 Å². The molecule has 43 heavy (non-hydrogen) atoms. The van der Waals surface area contributed by atoms with E-state index < -0.39 is 107 Å². The summed E-state index contributed by atoms with van der Waals surface area (Å²) in [5.41, 5.74) is -1.59. The molecule has 16 heteroatoms. The molecule has 1 saturated heterocycles. The predicted molar refractivity (Wildman–Crippen MR) is 141 cm³/mol. The molecule has 3 heterocycles. The van der Waals surface area contributed by atoms with Gasteiger partial charge in [-0.1, -0.05) is 20.8 Å². The number of aliphatic hydroxyl groups is 1. The van der Waals surface area contributed by atoms with Crippen LogP contribution in [-0.2, 0) is 20.8 Å². The van der Waals surface area contributed by atoms with Gasteiger partial charge in [0.2, 0.25) is 29.5 Å². The van der Waals surface area contributed by atoms with Crippen LogP contribution < -0.4 is 21.3 Å². The Balaban J connectivity index is 2.07.